The molecule has 0 aromatic heterocycles. The van der Waals surface area contributed by atoms with E-state index in [0.29, 0.717) is 6.54 Å². The Morgan fingerprint density at radius 2 is 1.90 bits per heavy atom. The van der Waals surface area contributed by atoms with Crippen LogP contribution in [-0.2, 0) is 6.54 Å². The van der Waals surface area contributed by atoms with Crippen molar-refractivity contribution in [1.29, 1.82) is 0 Å². The lowest BCUT2D eigenvalue weighted by Gasteiger charge is -2.34. The summed E-state index contributed by atoms with van der Waals surface area (Å²) in [6, 6.07) is 6.36. The fourth-order valence-corrected chi connectivity index (χ4v) is 3.13. The fourth-order valence-electron chi connectivity index (χ4n) is 3.13. The minimum absolute atomic E-state index is 0.574. The van der Waals surface area contributed by atoms with Crippen LogP contribution in [0.5, 0.6) is 5.75 Å². The number of hydrogen-bond acceptors (Lipinski definition) is 4. The van der Waals surface area contributed by atoms with Gasteiger partial charge >= 0.3 is 0 Å². The van der Waals surface area contributed by atoms with Crippen LogP contribution in [0.2, 0.25) is 0 Å². The van der Waals surface area contributed by atoms with Crippen LogP contribution in [0, 0.1) is 0 Å². The minimum Gasteiger partial charge on any atom is -0.490 e. The molecule has 0 spiro atoms. The normalized spacial score (nSPS) is 19.6. The third-order valence-electron chi connectivity index (χ3n) is 4.35. The van der Waals surface area contributed by atoms with Gasteiger partial charge in [0, 0.05) is 19.6 Å². The minimum atomic E-state index is 0.574. The fraction of sp³-hybridized carbons (Fsp3) is 0.625. The maximum absolute atomic E-state index is 5.78. The molecule has 0 bridgehead atoms. The lowest BCUT2D eigenvalue weighted by molar-refractivity contribution is 0.229. The first-order valence-corrected chi connectivity index (χ1v) is 7.80. The Morgan fingerprint density at radius 3 is 2.70 bits per heavy atom. The van der Waals surface area contributed by atoms with Gasteiger partial charge in [-0.05, 0) is 43.6 Å². The molecular weight excluding hydrogens is 250 g/mol. The molecule has 0 unspecified atom stereocenters. The number of rotatable bonds is 4. The summed E-state index contributed by atoms with van der Waals surface area (Å²) < 4.78 is 5.78. The zero-order valence-electron chi connectivity index (χ0n) is 12.2. The smallest absolute Gasteiger partial charge is 0.143 e. The number of fused-ring (bicyclic) bond motifs is 1. The molecule has 2 heterocycles. The van der Waals surface area contributed by atoms with Crippen LogP contribution >= 0.6 is 0 Å². The van der Waals surface area contributed by atoms with Gasteiger partial charge < -0.3 is 20.3 Å². The largest absolute Gasteiger partial charge is 0.490 e. The van der Waals surface area contributed by atoms with E-state index in [1.165, 1.54) is 38.0 Å². The van der Waals surface area contributed by atoms with Gasteiger partial charge in [-0.3, -0.25) is 0 Å². The average molecular weight is 275 g/mol. The van der Waals surface area contributed by atoms with Crippen LogP contribution < -0.4 is 15.4 Å². The number of hydrogen-bond donors (Lipinski definition) is 1. The SMILES string of the molecule is NCc1ccc2c(c1)OCCN2CCN1CCCCC1. The Balaban J connectivity index is 1.63. The number of benzene rings is 1. The Labute approximate surface area is 121 Å². The standard InChI is InChI=1S/C16H25N3O/c17-13-14-4-5-15-16(12-14)20-11-10-19(15)9-8-18-6-2-1-3-7-18/h4-5,12H,1-3,6-11,13,17H2. The molecule has 0 amide bonds. The molecule has 1 saturated heterocycles. The van der Waals surface area contributed by atoms with E-state index in [0.717, 1.165) is 37.6 Å². The summed E-state index contributed by atoms with van der Waals surface area (Å²) in [6.45, 7) is 7.14. The summed E-state index contributed by atoms with van der Waals surface area (Å²) in [5, 5.41) is 0. The maximum atomic E-state index is 5.78. The Kier molecular flexibility index (Phi) is 4.43. The molecule has 2 N–H and O–H groups in total. The molecule has 2 aliphatic rings. The quantitative estimate of drug-likeness (QED) is 0.910. The van der Waals surface area contributed by atoms with Crippen molar-refractivity contribution in [3.63, 3.8) is 0 Å². The number of nitrogens with two attached hydrogens (primary N) is 1. The van der Waals surface area contributed by atoms with Crippen LogP contribution in [0.3, 0.4) is 0 Å². The second-order valence-corrected chi connectivity index (χ2v) is 5.74. The molecule has 4 heteroatoms. The molecule has 0 atom stereocenters. The summed E-state index contributed by atoms with van der Waals surface area (Å²) in [5.74, 6) is 0.998. The van der Waals surface area contributed by atoms with Gasteiger partial charge in [-0.2, -0.15) is 0 Å². The summed E-state index contributed by atoms with van der Waals surface area (Å²) in [5.41, 5.74) is 8.07. The van der Waals surface area contributed by atoms with Crippen LogP contribution in [0.25, 0.3) is 0 Å². The van der Waals surface area contributed by atoms with Gasteiger partial charge in [0.1, 0.15) is 12.4 Å². The van der Waals surface area contributed by atoms with Crippen molar-refractivity contribution in [2.75, 3.05) is 44.2 Å². The van der Waals surface area contributed by atoms with Crippen molar-refractivity contribution in [2.45, 2.75) is 25.8 Å². The lowest BCUT2D eigenvalue weighted by Crippen LogP contribution is -2.41. The highest BCUT2D eigenvalue weighted by atomic mass is 16.5. The summed E-state index contributed by atoms with van der Waals surface area (Å²) in [4.78, 5) is 5.04. The Morgan fingerprint density at radius 1 is 1.05 bits per heavy atom. The monoisotopic (exact) mass is 275 g/mol. The van der Waals surface area contributed by atoms with E-state index < -0.39 is 0 Å². The van der Waals surface area contributed by atoms with E-state index in [1.807, 2.05) is 0 Å². The van der Waals surface area contributed by atoms with Gasteiger partial charge in [0.25, 0.3) is 0 Å². The first-order chi connectivity index (χ1) is 9.86. The molecule has 0 radical (unpaired) electrons. The molecule has 0 aliphatic carbocycles. The van der Waals surface area contributed by atoms with Gasteiger partial charge in [-0.1, -0.05) is 12.5 Å². The molecule has 3 rings (SSSR count). The zero-order chi connectivity index (χ0) is 13.8. The summed E-state index contributed by atoms with van der Waals surface area (Å²) >= 11 is 0. The molecule has 0 saturated carbocycles. The highest BCUT2D eigenvalue weighted by Crippen LogP contribution is 2.32. The van der Waals surface area contributed by atoms with Crippen molar-refractivity contribution >= 4 is 5.69 Å². The van der Waals surface area contributed by atoms with Crippen LogP contribution in [-0.4, -0.2) is 44.2 Å². The van der Waals surface area contributed by atoms with E-state index in [-0.39, 0.29) is 0 Å². The lowest BCUT2D eigenvalue weighted by atomic mass is 10.1. The highest BCUT2D eigenvalue weighted by molar-refractivity contribution is 5.61. The molecular formula is C16H25N3O. The van der Waals surface area contributed by atoms with E-state index in [1.54, 1.807) is 0 Å². The predicted molar refractivity (Wildman–Crippen MR) is 82.3 cm³/mol. The third-order valence-corrected chi connectivity index (χ3v) is 4.35. The van der Waals surface area contributed by atoms with Crippen molar-refractivity contribution in [3.8, 4) is 5.75 Å². The van der Waals surface area contributed by atoms with E-state index in [4.69, 9.17) is 10.5 Å². The summed E-state index contributed by atoms with van der Waals surface area (Å²) in [6.07, 6.45) is 4.12. The van der Waals surface area contributed by atoms with Gasteiger partial charge in [-0.25, -0.2) is 0 Å². The molecule has 4 nitrogen and oxygen atoms in total. The molecule has 1 fully saturated rings. The first kappa shape index (κ1) is 13.7. The third kappa shape index (κ3) is 3.07. The average Bonchev–Trinajstić information content (AvgIpc) is 2.53. The predicted octanol–water partition coefficient (Wildman–Crippen LogP) is 1.83. The molecule has 1 aromatic carbocycles. The Bertz CT molecular complexity index is 443. The van der Waals surface area contributed by atoms with Gasteiger partial charge in [-0.15, -0.1) is 0 Å². The zero-order valence-corrected chi connectivity index (χ0v) is 12.2. The second-order valence-electron chi connectivity index (χ2n) is 5.74. The first-order valence-electron chi connectivity index (χ1n) is 7.80. The van der Waals surface area contributed by atoms with E-state index in [2.05, 4.69) is 28.0 Å². The van der Waals surface area contributed by atoms with Crippen LogP contribution in [0.1, 0.15) is 24.8 Å². The van der Waals surface area contributed by atoms with Gasteiger partial charge in [0.2, 0.25) is 0 Å². The van der Waals surface area contributed by atoms with Crippen molar-refractivity contribution in [3.05, 3.63) is 23.8 Å². The number of ether oxygens (including phenoxy) is 1. The van der Waals surface area contributed by atoms with Crippen molar-refractivity contribution in [1.82, 2.24) is 4.90 Å². The van der Waals surface area contributed by atoms with Crippen molar-refractivity contribution in [2.24, 2.45) is 5.73 Å². The number of nitrogens with zero attached hydrogens (tertiary/aromatic N) is 2. The topological polar surface area (TPSA) is 41.7 Å². The van der Waals surface area contributed by atoms with Crippen LogP contribution in [0.15, 0.2) is 18.2 Å². The number of likely N-dealkylation sites (tertiary alicyclic amines) is 1. The van der Waals surface area contributed by atoms with E-state index >= 15 is 0 Å². The second kappa shape index (κ2) is 6.46. The number of anilines is 1. The van der Waals surface area contributed by atoms with Crippen LogP contribution in [0.4, 0.5) is 5.69 Å². The molecule has 2 aliphatic heterocycles. The van der Waals surface area contributed by atoms with Crippen molar-refractivity contribution < 1.29 is 4.74 Å². The van der Waals surface area contributed by atoms with E-state index in [9.17, 15) is 0 Å². The summed E-state index contributed by atoms with van der Waals surface area (Å²) in [7, 11) is 0. The Hall–Kier alpha value is -1.26. The molecule has 1 aromatic rings. The maximum Gasteiger partial charge on any atom is 0.143 e. The van der Waals surface area contributed by atoms with Gasteiger partial charge in [0.15, 0.2) is 0 Å². The number of piperidine rings is 1. The highest BCUT2D eigenvalue weighted by Gasteiger charge is 2.19. The van der Waals surface area contributed by atoms with Gasteiger partial charge in [0.05, 0.1) is 12.2 Å². The molecule has 20 heavy (non-hydrogen) atoms. The molecule has 110 valence electrons.